The van der Waals surface area contributed by atoms with E-state index in [9.17, 15) is 4.79 Å². The van der Waals surface area contributed by atoms with Crippen LogP contribution in [0.1, 0.15) is 16.8 Å². The average molecular weight is 305 g/mol. The summed E-state index contributed by atoms with van der Waals surface area (Å²) in [6.45, 7) is 1.58. The van der Waals surface area contributed by atoms with Crippen LogP contribution in [0, 0.1) is 11.8 Å². The lowest BCUT2D eigenvalue weighted by Crippen LogP contribution is -2.62. The molecule has 0 spiro atoms. The summed E-state index contributed by atoms with van der Waals surface area (Å²) >= 11 is 0. The zero-order valence-electron chi connectivity index (χ0n) is 12.4. The summed E-state index contributed by atoms with van der Waals surface area (Å²) in [6, 6.07) is 5.37. The summed E-state index contributed by atoms with van der Waals surface area (Å²) in [5, 5.41) is 3.13. The van der Waals surface area contributed by atoms with Gasteiger partial charge in [-0.3, -0.25) is 4.79 Å². The van der Waals surface area contributed by atoms with Gasteiger partial charge in [0, 0.05) is 37.2 Å². The molecule has 6 heteroatoms. The van der Waals surface area contributed by atoms with Crippen molar-refractivity contribution >= 4 is 5.91 Å². The van der Waals surface area contributed by atoms with Crippen molar-refractivity contribution in [1.82, 2.24) is 5.32 Å². The number of hydrogen-bond donors (Lipinski definition) is 1. The van der Waals surface area contributed by atoms with E-state index in [1.807, 2.05) is 0 Å². The third kappa shape index (κ3) is 2.14. The van der Waals surface area contributed by atoms with E-state index in [1.54, 1.807) is 25.3 Å². The van der Waals surface area contributed by atoms with Crippen LogP contribution in [-0.4, -0.2) is 45.2 Å². The van der Waals surface area contributed by atoms with Gasteiger partial charge in [0.05, 0.1) is 12.7 Å². The van der Waals surface area contributed by atoms with E-state index in [-0.39, 0.29) is 30.8 Å². The first-order valence-corrected chi connectivity index (χ1v) is 7.59. The Morgan fingerprint density at radius 2 is 2.23 bits per heavy atom. The first-order chi connectivity index (χ1) is 10.8. The number of rotatable bonds is 4. The Morgan fingerprint density at radius 3 is 3.09 bits per heavy atom. The van der Waals surface area contributed by atoms with Gasteiger partial charge in [0.2, 0.25) is 6.79 Å². The fourth-order valence-corrected chi connectivity index (χ4v) is 3.71. The molecule has 1 aromatic rings. The van der Waals surface area contributed by atoms with Crippen molar-refractivity contribution in [3.05, 3.63) is 23.8 Å². The lowest BCUT2D eigenvalue weighted by Gasteiger charge is -2.47. The largest absolute Gasteiger partial charge is 0.454 e. The number of carbonyl (C=O) groups excluding carboxylic acids is 1. The van der Waals surface area contributed by atoms with Crippen LogP contribution in [0.15, 0.2) is 18.2 Å². The lowest BCUT2D eigenvalue weighted by molar-refractivity contribution is -0.0809. The van der Waals surface area contributed by atoms with Gasteiger partial charge in [0.25, 0.3) is 5.91 Å². The van der Waals surface area contributed by atoms with Gasteiger partial charge in [-0.25, -0.2) is 0 Å². The van der Waals surface area contributed by atoms with Gasteiger partial charge in [-0.15, -0.1) is 0 Å². The molecule has 2 aliphatic heterocycles. The number of fused-ring (bicyclic) bond motifs is 2. The van der Waals surface area contributed by atoms with E-state index in [0.717, 1.165) is 13.0 Å². The number of benzene rings is 1. The molecule has 1 amide bonds. The van der Waals surface area contributed by atoms with Crippen molar-refractivity contribution < 1.29 is 23.7 Å². The maximum atomic E-state index is 12.5. The van der Waals surface area contributed by atoms with Crippen LogP contribution in [-0.2, 0) is 9.47 Å². The molecule has 3 aliphatic rings. The first kappa shape index (κ1) is 13.8. The number of carbonyl (C=O) groups is 1. The molecular formula is C16H19NO5. The first-order valence-electron chi connectivity index (χ1n) is 7.59. The smallest absolute Gasteiger partial charge is 0.251 e. The van der Waals surface area contributed by atoms with Crippen molar-refractivity contribution in [3.63, 3.8) is 0 Å². The quantitative estimate of drug-likeness (QED) is 0.905. The van der Waals surface area contributed by atoms with E-state index in [0.29, 0.717) is 29.6 Å². The Labute approximate surface area is 128 Å². The molecule has 6 nitrogen and oxygen atoms in total. The van der Waals surface area contributed by atoms with Crippen LogP contribution in [0.3, 0.4) is 0 Å². The van der Waals surface area contributed by atoms with E-state index in [2.05, 4.69) is 5.32 Å². The number of nitrogens with one attached hydrogen (secondary N) is 1. The minimum absolute atomic E-state index is 0.0882. The van der Waals surface area contributed by atoms with Crippen molar-refractivity contribution in [1.29, 1.82) is 0 Å². The predicted molar refractivity (Wildman–Crippen MR) is 77.0 cm³/mol. The van der Waals surface area contributed by atoms with Crippen LogP contribution in [0.2, 0.25) is 0 Å². The monoisotopic (exact) mass is 305 g/mol. The molecule has 0 radical (unpaired) electrons. The molecule has 1 aliphatic carbocycles. The minimum atomic E-state index is -0.0882. The maximum Gasteiger partial charge on any atom is 0.251 e. The van der Waals surface area contributed by atoms with Crippen molar-refractivity contribution in [2.75, 3.05) is 27.1 Å². The molecule has 2 heterocycles. The molecule has 1 aromatic carbocycles. The van der Waals surface area contributed by atoms with Gasteiger partial charge in [-0.05, 0) is 24.6 Å². The highest BCUT2D eigenvalue weighted by Gasteiger charge is 2.54. The molecule has 0 aromatic heterocycles. The van der Waals surface area contributed by atoms with Crippen LogP contribution in [0.4, 0.5) is 0 Å². The highest BCUT2D eigenvalue weighted by Crippen LogP contribution is 2.44. The zero-order valence-corrected chi connectivity index (χ0v) is 12.4. The number of ether oxygens (including phenoxy) is 4. The van der Waals surface area contributed by atoms with Gasteiger partial charge in [-0.1, -0.05) is 0 Å². The van der Waals surface area contributed by atoms with E-state index >= 15 is 0 Å². The Bertz CT molecular complexity index is 590. The van der Waals surface area contributed by atoms with Crippen molar-refractivity contribution in [2.24, 2.45) is 11.8 Å². The Balaban J connectivity index is 1.47. The van der Waals surface area contributed by atoms with Crippen LogP contribution in [0.5, 0.6) is 11.5 Å². The molecule has 2 fully saturated rings. The third-order valence-corrected chi connectivity index (χ3v) is 4.82. The molecule has 1 N–H and O–H groups in total. The molecule has 118 valence electrons. The van der Waals surface area contributed by atoms with Crippen LogP contribution in [0.25, 0.3) is 0 Å². The maximum absolute atomic E-state index is 12.5. The van der Waals surface area contributed by atoms with E-state index in [4.69, 9.17) is 18.9 Å². The fourth-order valence-electron chi connectivity index (χ4n) is 3.71. The van der Waals surface area contributed by atoms with Crippen molar-refractivity contribution in [3.8, 4) is 11.5 Å². The van der Waals surface area contributed by atoms with Gasteiger partial charge >= 0.3 is 0 Å². The average Bonchev–Trinajstić information content (AvgIpc) is 3.16. The van der Waals surface area contributed by atoms with Gasteiger partial charge in [-0.2, -0.15) is 0 Å². The molecule has 0 bridgehead atoms. The van der Waals surface area contributed by atoms with E-state index < -0.39 is 0 Å². The standard InChI is InChI=1S/C16H19NO5/c1-19-7-11-14(10-4-5-20-15(10)11)17-16(18)9-2-3-12-13(6-9)22-8-21-12/h2-3,6,10-11,14-15H,4-5,7-8H2,1H3,(H,17,18)/t10-,11+,14-,15-/m0/s1. The molecular weight excluding hydrogens is 286 g/mol. The summed E-state index contributed by atoms with van der Waals surface area (Å²) in [5.41, 5.74) is 0.586. The summed E-state index contributed by atoms with van der Waals surface area (Å²) in [7, 11) is 1.68. The zero-order chi connectivity index (χ0) is 15.1. The van der Waals surface area contributed by atoms with E-state index in [1.165, 1.54) is 0 Å². The predicted octanol–water partition coefficient (Wildman–Crippen LogP) is 1.19. The summed E-state index contributed by atoms with van der Waals surface area (Å²) in [5.74, 6) is 1.85. The second-order valence-electron chi connectivity index (χ2n) is 5.97. The van der Waals surface area contributed by atoms with Crippen LogP contribution >= 0.6 is 0 Å². The Morgan fingerprint density at radius 1 is 1.36 bits per heavy atom. The van der Waals surface area contributed by atoms with Gasteiger partial charge in [0.1, 0.15) is 0 Å². The SMILES string of the molecule is COC[C@@H]1[C@@H](NC(=O)c2ccc3c(c2)OCO3)[C@@H]2CCO[C@H]12. The number of methoxy groups -OCH3 is 1. The van der Waals surface area contributed by atoms with Crippen LogP contribution < -0.4 is 14.8 Å². The Kier molecular flexibility index (Phi) is 3.43. The minimum Gasteiger partial charge on any atom is -0.454 e. The highest BCUT2D eigenvalue weighted by atomic mass is 16.7. The molecule has 1 saturated heterocycles. The Hall–Kier alpha value is -1.79. The fraction of sp³-hybridized carbons (Fsp3) is 0.562. The molecule has 1 saturated carbocycles. The molecule has 0 unspecified atom stereocenters. The highest BCUT2D eigenvalue weighted by molar-refractivity contribution is 5.95. The summed E-state index contributed by atoms with van der Waals surface area (Å²) in [4.78, 5) is 12.5. The lowest BCUT2D eigenvalue weighted by atomic mass is 9.67. The normalized spacial score (nSPS) is 31.5. The summed E-state index contributed by atoms with van der Waals surface area (Å²) in [6.07, 6.45) is 1.22. The molecule has 22 heavy (non-hydrogen) atoms. The molecule has 4 atom stereocenters. The molecule has 4 rings (SSSR count). The second kappa shape index (κ2) is 5.44. The third-order valence-electron chi connectivity index (χ3n) is 4.82. The topological polar surface area (TPSA) is 66.0 Å². The summed E-state index contributed by atoms with van der Waals surface area (Å²) < 4.78 is 21.6. The van der Waals surface area contributed by atoms with Crippen molar-refractivity contribution in [2.45, 2.75) is 18.6 Å². The van der Waals surface area contributed by atoms with Gasteiger partial charge < -0.3 is 24.3 Å². The number of amides is 1. The van der Waals surface area contributed by atoms with Gasteiger partial charge in [0.15, 0.2) is 11.5 Å². The second-order valence-corrected chi connectivity index (χ2v) is 5.97. The number of hydrogen-bond acceptors (Lipinski definition) is 5.